The monoisotopic (exact) mass is 618 g/mol. The zero-order valence-electron chi connectivity index (χ0n) is 22.9. The summed E-state index contributed by atoms with van der Waals surface area (Å²) in [5.74, 6) is 0. The Morgan fingerprint density at radius 3 is 1.24 bits per heavy atom. The van der Waals surface area contributed by atoms with Crippen LogP contribution in [0, 0.1) is 0 Å². The highest BCUT2D eigenvalue weighted by atomic mass is 16.8. The molecule has 0 aromatic carbocycles. The standard InChI is InChI=1S/C24H42O18/c1-6-11(28)14(31)17(34)22(36-6)40-19-9(4-26)38-10(5-27)20(19)41-24-21(16(33)13(30)8(3-25)39-24)42-23-18(35)15(32)12(29)7(2)37-23/h6-35H,3-5H2,1-2H3/t6-,7-,8+,9+,10+,11+,12+,13-,14+,15+,16-,17-,18-,19+,20+,21+,22-,23-,24-/m0/s1. The van der Waals surface area contributed by atoms with Crippen molar-refractivity contribution in [2.75, 3.05) is 19.8 Å². The average molecular weight is 619 g/mol. The summed E-state index contributed by atoms with van der Waals surface area (Å²) in [6.07, 6.45) is -28.4. The van der Waals surface area contributed by atoms with Crippen LogP contribution >= 0.6 is 0 Å². The van der Waals surface area contributed by atoms with Crippen LogP contribution in [0.5, 0.6) is 0 Å². The van der Waals surface area contributed by atoms with Gasteiger partial charge in [-0.05, 0) is 13.8 Å². The van der Waals surface area contributed by atoms with Crippen molar-refractivity contribution >= 4 is 0 Å². The molecule has 0 unspecified atom stereocenters. The lowest BCUT2D eigenvalue weighted by molar-refractivity contribution is -0.375. The molecule has 0 aromatic rings. The summed E-state index contributed by atoms with van der Waals surface area (Å²) in [4.78, 5) is 0. The number of rotatable bonds is 9. The molecule has 4 fully saturated rings. The molecule has 0 saturated carbocycles. The van der Waals surface area contributed by atoms with Gasteiger partial charge in [0.2, 0.25) is 0 Å². The van der Waals surface area contributed by atoms with Crippen molar-refractivity contribution in [2.24, 2.45) is 0 Å². The lowest BCUT2D eigenvalue weighted by atomic mass is 9.97. The minimum atomic E-state index is -1.83. The summed E-state index contributed by atoms with van der Waals surface area (Å²) in [5, 5.41) is 112. The molecule has 0 amide bonds. The van der Waals surface area contributed by atoms with Crippen LogP contribution in [-0.2, 0) is 33.2 Å². The van der Waals surface area contributed by atoms with Crippen molar-refractivity contribution in [2.45, 2.75) is 130 Å². The van der Waals surface area contributed by atoms with Crippen LogP contribution in [0.3, 0.4) is 0 Å². The molecular weight excluding hydrogens is 576 g/mol. The van der Waals surface area contributed by atoms with E-state index in [-0.39, 0.29) is 0 Å². The molecule has 18 nitrogen and oxygen atoms in total. The van der Waals surface area contributed by atoms with Crippen LogP contribution in [0.15, 0.2) is 0 Å². The smallest absolute Gasteiger partial charge is 0.187 e. The molecule has 4 saturated heterocycles. The molecule has 0 aromatic heterocycles. The Morgan fingerprint density at radius 1 is 0.405 bits per heavy atom. The number of aliphatic hydroxyl groups is 11. The molecule has 11 N–H and O–H groups in total. The van der Waals surface area contributed by atoms with E-state index < -0.39 is 136 Å². The first-order valence-corrected chi connectivity index (χ1v) is 13.7. The topological polar surface area (TPSA) is 287 Å². The van der Waals surface area contributed by atoms with Crippen molar-refractivity contribution in [3.05, 3.63) is 0 Å². The van der Waals surface area contributed by atoms with Crippen molar-refractivity contribution in [3.8, 4) is 0 Å². The molecule has 246 valence electrons. The largest absolute Gasteiger partial charge is 0.394 e. The molecule has 42 heavy (non-hydrogen) atoms. The van der Waals surface area contributed by atoms with Gasteiger partial charge in [-0.3, -0.25) is 0 Å². The summed E-state index contributed by atoms with van der Waals surface area (Å²) in [6, 6.07) is 0. The van der Waals surface area contributed by atoms with E-state index in [1.54, 1.807) is 0 Å². The number of hydrogen-bond acceptors (Lipinski definition) is 18. The van der Waals surface area contributed by atoms with Gasteiger partial charge >= 0.3 is 0 Å². The SMILES string of the molecule is C[C@@H]1O[C@@H](O[C@H]2[C@H](O[C@H]3[C@H](O[C@@H]4O[C@@H](C)[C@@H](O)[C@@H](O)[C@@H]4O)[C@@H](CO)O[C@@H]3CO)O[C@H](CO)[C@H](O)[C@@H]2O)[C@@H](O)[C@H](O)[C@@H]1O. The lowest BCUT2D eigenvalue weighted by Gasteiger charge is -2.46. The highest BCUT2D eigenvalue weighted by Crippen LogP contribution is 2.35. The molecular formula is C24H42O18. The van der Waals surface area contributed by atoms with E-state index in [9.17, 15) is 56.2 Å². The maximum atomic E-state index is 10.9. The van der Waals surface area contributed by atoms with Crippen LogP contribution in [-0.4, -0.2) is 193 Å². The minimum absolute atomic E-state index is 0.670. The number of ether oxygens (including phenoxy) is 7. The van der Waals surface area contributed by atoms with Crippen molar-refractivity contribution in [1.82, 2.24) is 0 Å². The van der Waals surface area contributed by atoms with Crippen molar-refractivity contribution in [1.29, 1.82) is 0 Å². The Balaban J connectivity index is 1.59. The molecule has 4 heterocycles. The highest BCUT2D eigenvalue weighted by molar-refractivity contribution is 4.98. The Kier molecular flexibility index (Phi) is 11.5. The summed E-state index contributed by atoms with van der Waals surface area (Å²) >= 11 is 0. The molecule has 4 rings (SSSR count). The number of hydrogen-bond donors (Lipinski definition) is 11. The van der Waals surface area contributed by atoms with Crippen LogP contribution in [0.2, 0.25) is 0 Å². The summed E-state index contributed by atoms with van der Waals surface area (Å²) in [7, 11) is 0. The Hall–Kier alpha value is -0.720. The van der Waals surface area contributed by atoms with E-state index in [2.05, 4.69) is 0 Å². The van der Waals surface area contributed by atoms with E-state index in [1.165, 1.54) is 13.8 Å². The second-order valence-corrected chi connectivity index (χ2v) is 10.9. The van der Waals surface area contributed by atoms with Gasteiger partial charge in [-0.2, -0.15) is 0 Å². The molecule has 19 atom stereocenters. The predicted octanol–water partition coefficient (Wildman–Crippen LogP) is -7.01. The van der Waals surface area contributed by atoms with Gasteiger partial charge in [0.05, 0.1) is 32.0 Å². The maximum absolute atomic E-state index is 10.9. The van der Waals surface area contributed by atoms with Crippen molar-refractivity contribution < 1.29 is 89.3 Å². The third-order valence-corrected chi connectivity index (χ3v) is 8.08. The van der Waals surface area contributed by atoms with Gasteiger partial charge in [0.15, 0.2) is 18.9 Å². The molecule has 0 aliphatic carbocycles. The highest BCUT2D eigenvalue weighted by Gasteiger charge is 2.55. The van der Waals surface area contributed by atoms with Gasteiger partial charge in [-0.25, -0.2) is 0 Å². The van der Waals surface area contributed by atoms with Crippen LogP contribution in [0.1, 0.15) is 13.8 Å². The summed E-state index contributed by atoms with van der Waals surface area (Å²) < 4.78 is 39.8. The summed E-state index contributed by atoms with van der Waals surface area (Å²) in [5.41, 5.74) is 0. The van der Waals surface area contributed by atoms with Crippen LogP contribution in [0.4, 0.5) is 0 Å². The molecule has 18 heteroatoms. The first kappa shape index (κ1) is 34.2. The van der Waals surface area contributed by atoms with Crippen LogP contribution in [0.25, 0.3) is 0 Å². The lowest BCUT2D eigenvalue weighted by Crippen LogP contribution is -2.65. The van der Waals surface area contributed by atoms with Gasteiger partial charge in [0.1, 0.15) is 85.5 Å². The van der Waals surface area contributed by atoms with Gasteiger partial charge < -0.3 is 89.3 Å². The molecule has 4 aliphatic heterocycles. The first-order valence-electron chi connectivity index (χ1n) is 13.7. The number of aliphatic hydroxyl groups excluding tert-OH is 11. The average Bonchev–Trinajstić information content (AvgIpc) is 3.31. The Bertz CT molecular complexity index is 854. The van der Waals surface area contributed by atoms with E-state index in [0.29, 0.717) is 0 Å². The Morgan fingerprint density at radius 2 is 0.810 bits per heavy atom. The second kappa shape index (κ2) is 14.1. The Labute approximate surface area is 240 Å². The molecule has 0 radical (unpaired) electrons. The first-order chi connectivity index (χ1) is 19.8. The van der Waals surface area contributed by atoms with Gasteiger partial charge in [0.25, 0.3) is 0 Å². The zero-order valence-corrected chi connectivity index (χ0v) is 22.9. The zero-order chi connectivity index (χ0) is 31.0. The second-order valence-electron chi connectivity index (χ2n) is 10.9. The molecule has 0 spiro atoms. The predicted molar refractivity (Wildman–Crippen MR) is 130 cm³/mol. The molecule has 0 bridgehead atoms. The fourth-order valence-electron chi connectivity index (χ4n) is 5.45. The third kappa shape index (κ3) is 6.62. The van der Waals surface area contributed by atoms with E-state index >= 15 is 0 Å². The van der Waals surface area contributed by atoms with E-state index in [0.717, 1.165) is 0 Å². The fourth-order valence-corrected chi connectivity index (χ4v) is 5.45. The van der Waals surface area contributed by atoms with E-state index in [4.69, 9.17) is 33.2 Å². The third-order valence-electron chi connectivity index (χ3n) is 8.08. The molecule has 4 aliphatic rings. The quantitative estimate of drug-likeness (QED) is 0.114. The summed E-state index contributed by atoms with van der Waals surface area (Å²) in [6.45, 7) is 0.682. The minimum Gasteiger partial charge on any atom is -0.394 e. The normalized spacial score (nSPS) is 53.8. The maximum Gasteiger partial charge on any atom is 0.187 e. The van der Waals surface area contributed by atoms with Crippen LogP contribution < -0.4 is 0 Å². The van der Waals surface area contributed by atoms with Gasteiger partial charge in [-0.1, -0.05) is 0 Å². The van der Waals surface area contributed by atoms with Gasteiger partial charge in [0, 0.05) is 0 Å². The fraction of sp³-hybridized carbons (Fsp3) is 1.00. The van der Waals surface area contributed by atoms with Crippen molar-refractivity contribution in [3.63, 3.8) is 0 Å². The van der Waals surface area contributed by atoms with E-state index in [1.807, 2.05) is 0 Å². The van der Waals surface area contributed by atoms with Gasteiger partial charge in [-0.15, -0.1) is 0 Å².